The molecule has 0 spiro atoms. The lowest BCUT2D eigenvalue weighted by Gasteiger charge is -2.03. The SMILES string of the molecule is O=[N+]([O-])c1cccc2c1c(Br)nn2Cc1ccccc1. The van der Waals surface area contributed by atoms with Crippen LogP contribution in [0.1, 0.15) is 5.56 Å². The largest absolute Gasteiger partial charge is 0.281 e. The van der Waals surface area contributed by atoms with Crippen LogP contribution in [0.25, 0.3) is 10.9 Å². The highest BCUT2D eigenvalue weighted by atomic mass is 79.9. The van der Waals surface area contributed by atoms with Crippen molar-refractivity contribution in [3.63, 3.8) is 0 Å². The second-order valence-electron chi connectivity index (χ2n) is 4.36. The summed E-state index contributed by atoms with van der Waals surface area (Å²) in [5, 5.41) is 16.0. The van der Waals surface area contributed by atoms with Gasteiger partial charge in [-0.2, -0.15) is 5.10 Å². The van der Waals surface area contributed by atoms with Gasteiger partial charge in [-0.3, -0.25) is 14.8 Å². The molecule has 100 valence electrons. The predicted octanol–water partition coefficient (Wildman–Crippen LogP) is 3.76. The Bertz CT molecular complexity index is 784. The first-order valence-electron chi connectivity index (χ1n) is 6.00. The maximum atomic E-state index is 11.1. The second-order valence-corrected chi connectivity index (χ2v) is 5.11. The van der Waals surface area contributed by atoms with Crippen molar-refractivity contribution < 1.29 is 4.92 Å². The molecule has 0 bridgehead atoms. The van der Waals surface area contributed by atoms with E-state index in [1.54, 1.807) is 10.7 Å². The quantitative estimate of drug-likeness (QED) is 0.542. The van der Waals surface area contributed by atoms with Gasteiger partial charge in [0.2, 0.25) is 0 Å². The fourth-order valence-electron chi connectivity index (χ4n) is 2.19. The van der Waals surface area contributed by atoms with Crippen LogP contribution in [0.15, 0.2) is 53.1 Å². The normalized spacial score (nSPS) is 10.8. The Hall–Kier alpha value is -2.21. The predicted molar refractivity (Wildman–Crippen MR) is 79.6 cm³/mol. The molecule has 0 aliphatic rings. The molecule has 0 N–H and O–H groups in total. The van der Waals surface area contributed by atoms with Gasteiger partial charge in [-0.25, -0.2) is 0 Å². The summed E-state index contributed by atoms with van der Waals surface area (Å²) in [6.07, 6.45) is 0. The average Bonchev–Trinajstić information content (AvgIpc) is 2.77. The third kappa shape index (κ3) is 2.18. The molecule has 0 aliphatic heterocycles. The van der Waals surface area contributed by atoms with Gasteiger partial charge in [0.25, 0.3) is 5.69 Å². The van der Waals surface area contributed by atoms with Crippen LogP contribution in [0, 0.1) is 10.1 Å². The minimum absolute atomic E-state index is 0.0636. The molecule has 6 heteroatoms. The van der Waals surface area contributed by atoms with Gasteiger partial charge >= 0.3 is 0 Å². The van der Waals surface area contributed by atoms with Gasteiger partial charge in [0.05, 0.1) is 17.0 Å². The number of nitro groups is 1. The summed E-state index contributed by atoms with van der Waals surface area (Å²) in [5.41, 5.74) is 1.90. The van der Waals surface area contributed by atoms with Gasteiger partial charge in [-0.15, -0.1) is 0 Å². The van der Waals surface area contributed by atoms with Crippen molar-refractivity contribution in [3.8, 4) is 0 Å². The maximum Gasteiger partial charge on any atom is 0.281 e. The Morgan fingerprint density at radius 2 is 1.90 bits per heavy atom. The number of fused-ring (bicyclic) bond motifs is 1. The van der Waals surface area contributed by atoms with Gasteiger partial charge in [0.1, 0.15) is 9.99 Å². The van der Waals surface area contributed by atoms with Crippen LogP contribution in [-0.2, 0) is 6.54 Å². The smallest absolute Gasteiger partial charge is 0.259 e. The molecule has 2 aromatic carbocycles. The van der Waals surface area contributed by atoms with Crippen molar-refractivity contribution in [3.05, 3.63) is 68.8 Å². The van der Waals surface area contributed by atoms with E-state index >= 15 is 0 Å². The van der Waals surface area contributed by atoms with E-state index in [0.29, 0.717) is 16.5 Å². The first-order chi connectivity index (χ1) is 9.66. The van der Waals surface area contributed by atoms with E-state index in [1.807, 2.05) is 36.4 Å². The van der Waals surface area contributed by atoms with Gasteiger partial charge < -0.3 is 0 Å². The Morgan fingerprint density at radius 3 is 2.60 bits per heavy atom. The molecule has 0 saturated carbocycles. The third-order valence-electron chi connectivity index (χ3n) is 3.09. The van der Waals surface area contributed by atoms with Gasteiger partial charge in [-0.05, 0) is 27.6 Å². The Balaban J connectivity index is 2.14. The Kier molecular flexibility index (Phi) is 3.23. The van der Waals surface area contributed by atoms with E-state index in [0.717, 1.165) is 11.1 Å². The number of nitrogens with zero attached hydrogens (tertiary/aromatic N) is 3. The van der Waals surface area contributed by atoms with Crippen LogP contribution in [0.2, 0.25) is 0 Å². The molecular weight excluding hydrogens is 322 g/mol. The molecule has 0 aliphatic carbocycles. The van der Waals surface area contributed by atoms with Gasteiger partial charge in [-0.1, -0.05) is 36.4 Å². The Morgan fingerprint density at radius 1 is 1.15 bits per heavy atom. The van der Waals surface area contributed by atoms with Crippen LogP contribution in [0.4, 0.5) is 5.69 Å². The lowest BCUT2D eigenvalue weighted by molar-refractivity contribution is -0.383. The summed E-state index contributed by atoms with van der Waals surface area (Å²) in [4.78, 5) is 10.7. The molecule has 5 nitrogen and oxygen atoms in total. The van der Waals surface area contributed by atoms with E-state index in [4.69, 9.17) is 0 Å². The van der Waals surface area contributed by atoms with Crippen molar-refractivity contribution in [2.75, 3.05) is 0 Å². The number of aromatic nitrogens is 2. The molecule has 0 unspecified atom stereocenters. The Labute approximate surface area is 123 Å². The molecule has 0 fully saturated rings. The van der Waals surface area contributed by atoms with E-state index in [2.05, 4.69) is 21.0 Å². The second kappa shape index (κ2) is 5.05. The number of hydrogen-bond donors (Lipinski definition) is 0. The first kappa shape index (κ1) is 12.8. The van der Waals surface area contributed by atoms with Crippen LogP contribution < -0.4 is 0 Å². The molecule has 0 radical (unpaired) electrons. The summed E-state index contributed by atoms with van der Waals surface area (Å²) in [6.45, 7) is 0.574. The van der Waals surface area contributed by atoms with Crippen molar-refractivity contribution >= 4 is 32.5 Å². The van der Waals surface area contributed by atoms with Crippen molar-refractivity contribution in [1.82, 2.24) is 9.78 Å². The summed E-state index contributed by atoms with van der Waals surface area (Å²) in [6, 6.07) is 14.9. The average molecular weight is 332 g/mol. The van der Waals surface area contributed by atoms with Crippen molar-refractivity contribution in [2.45, 2.75) is 6.54 Å². The molecule has 0 amide bonds. The van der Waals surface area contributed by atoms with E-state index in [1.165, 1.54) is 6.07 Å². The number of benzene rings is 2. The van der Waals surface area contributed by atoms with Crippen LogP contribution >= 0.6 is 15.9 Å². The molecule has 0 atom stereocenters. The maximum absolute atomic E-state index is 11.1. The molecule has 20 heavy (non-hydrogen) atoms. The van der Waals surface area contributed by atoms with Gasteiger partial charge in [0, 0.05) is 6.07 Å². The lowest BCUT2D eigenvalue weighted by atomic mass is 10.2. The van der Waals surface area contributed by atoms with Crippen LogP contribution in [0.3, 0.4) is 0 Å². The monoisotopic (exact) mass is 331 g/mol. The number of non-ortho nitro benzene ring substituents is 1. The molecule has 3 aromatic rings. The zero-order valence-electron chi connectivity index (χ0n) is 10.4. The molecule has 3 rings (SSSR count). The summed E-state index contributed by atoms with van der Waals surface area (Å²) < 4.78 is 2.26. The van der Waals surface area contributed by atoms with Crippen molar-refractivity contribution in [2.24, 2.45) is 0 Å². The standard InChI is InChI=1S/C14H10BrN3O2/c15-14-13-11(7-4-8-12(13)18(19)20)17(16-14)9-10-5-2-1-3-6-10/h1-8H,9H2. The van der Waals surface area contributed by atoms with Gasteiger partial charge in [0.15, 0.2) is 0 Å². The number of rotatable bonds is 3. The lowest BCUT2D eigenvalue weighted by Crippen LogP contribution is -2.01. The molecular formula is C14H10BrN3O2. The molecule has 0 saturated heterocycles. The highest BCUT2D eigenvalue weighted by Gasteiger charge is 2.19. The number of halogens is 1. The summed E-state index contributed by atoms with van der Waals surface area (Å²) in [7, 11) is 0. The molecule has 1 heterocycles. The number of hydrogen-bond acceptors (Lipinski definition) is 3. The van der Waals surface area contributed by atoms with E-state index < -0.39 is 0 Å². The minimum Gasteiger partial charge on any atom is -0.259 e. The zero-order valence-corrected chi connectivity index (χ0v) is 11.9. The third-order valence-corrected chi connectivity index (χ3v) is 3.64. The highest BCUT2D eigenvalue weighted by molar-refractivity contribution is 9.10. The topological polar surface area (TPSA) is 61.0 Å². The van der Waals surface area contributed by atoms with Crippen molar-refractivity contribution in [1.29, 1.82) is 0 Å². The highest BCUT2D eigenvalue weighted by Crippen LogP contribution is 2.32. The summed E-state index contributed by atoms with van der Waals surface area (Å²) in [5.74, 6) is 0. The number of nitro benzene ring substituents is 1. The van der Waals surface area contributed by atoms with Crippen LogP contribution in [0.5, 0.6) is 0 Å². The first-order valence-corrected chi connectivity index (χ1v) is 6.79. The van der Waals surface area contributed by atoms with E-state index in [9.17, 15) is 10.1 Å². The fourth-order valence-corrected chi connectivity index (χ4v) is 2.79. The summed E-state index contributed by atoms with van der Waals surface area (Å²) >= 11 is 3.31. The van der Waals surface area contributed by atoms with E-state index in [-0.39, 0.29) is 10.6 Å². The van der Waals surface area contributed by atoms with Crippen LogP contribution in [-0.4, -0.2) is 14.7 Å². The minimum atomic E-state index is -0.387. The fraction of sp³-hybridized carbons (Fsp3) is 0.0714. The zero-order chi connectivity index (χ0) is 14.1. The molecule has 1 aromatic heterocycles.